The van der Waals surface area contributed by atoms with E-state index < -0.39 is 35.1 Å². The summed E-state index contributed by atoms with van der Waals surface area (Å²) in [6.07, 6.45) is 3.19. The first kappa shape index (κ1) is 20.3. The monoisotopic (exact) mass is 368 g/mol. The molecule has 146 valence electrons. The molecule has 0 spiro atoms. The number of hydroxylamine groups is 2. The summed E-state index contributed by atoms with van der Waals surface area (Å²) in [7, 11) is 0. The fourth-order valence-corrected chi connectivity index (χ4v) is 3.31. The van der Waals surface area contributed by atoms with Crippen LogP contribution in [0.15, 0.2) is 0 Å². The summed E-state index contributed by atoms with van der Waals surface area (Å²) in [5.41, 5.74) is -0.429. The Bertz CT molecular complexity index is 576. The molecule has 4 N–H and O–H groups in total. The average Bonchev–Trinajstić information content (AvgIpc) is 2.96. The summed E-state index contributed by atoms with van der Waals surface area (Å²) >= 11 is 0. The van der Waals surface area contributed by atoms with Crippen molar-refractivity contribution in [3.63, 3.8) is 0 Å². The van der Waals surface area contributed by atoms with Crippen LogP contribution in [-0.4, -0.2) is 65.0 Å². The largest absolute Gasteiger partial charge is 0.356 e. The van der Waals surface area contributed by atoms with Crippen LogP contribution in [0.2, 0.25) is 0 Å². The fraction of sp³-hybridized carbons (Fsp3) is 0.765. The van der Waals surface area contributed by atoms with Crippen molar-refractivity contribution in [3.8, 4) is 0 Å². The maximum absolute atomic E-state index is 12.4. The van der Waals surface area contributed by atoms with E-state index in [4.69, 9.17) is 0 Å². The molecule has 1 aliphatic carbocycles. The molecule has 0 aromatic heterocycles. The summed E-state index contributed by atoms with van der Waals surface area (Å²) in [6, 6.07) is -1.09. The van der Waals surface area contributed by atoms with E-state index in [1.54, 1.807) is 6.92 Å². The molecule has 2 unspecified atom stereocenters. The topological polar surface area (TPSA) is 128 Å². The molecule has 26 heavy (non-hydrogen) atoms. The van der Waals surface area contributed by atoms with Gasteiger partial charge in [-0.15, -0.1) is 0 Å². The summed E-state index contributed by atoms with van der Waals surface area (Å²) in [5, 5.41) is 18.7. The highest BCUT2D eigenvalue weighted by molar-refractivity contribution is 6.38. The fourth-order valence-electron chi connectivity index (χ4n) is 3.31. The highest BCUT2D eigenvalue weighted by Crippen LogP contribution is 2.35. The molecule has 2 aliphatic rings. The molecule has 0 radical (unpaired) electrons. The predicted molar refractivity (Wildman–Crippen MR) is 92.1 cm³/mol. The number of likely N-dealkylation sites (N-methyl/N-ethyl adjacent to an activating group) is 1. The third kappa shape index (κ3) is 4.79. The van der Waals surface area contributed by atoms with Crippen molar-refractivity contribution in [3.05, 3.63) is 0 Å². The van der Waals surface area contributed by atoms with Gasteiger partial charge in [0.15, 0.2) is 0 Å². The summed E-state index contributed by atoms with van der Waals surface area (Å²) in [6.45, 7) is 4.07. The van der Waals surface area contributed by atoms with Crippen molar-refractivity contribution in [2.75, 3.05) is 19.6 Å². The molecule has 2 rings (SSSR count). The SMILES string of the molecule is CCNC(=O)C(=O)C(CC1CCNC1=O)NC(=O)CN(O)C1(C)CCC1. The number of amides is 3. The van der Waals surface area contributed by atoms with Gasteiger partial charge in [-0.05, 0) is 46.0 Å². The number of nitrogens with zero attached hydrogens (tertiary/aromatic N) is 1. The second kappa shape index (κ2) is 8.59. The molecule has 0 aromatic carbocycles. The van der Waals surface area contributed by atoms with Gasteiger partial charge in [-0.25, -0.2) is 0 Å². The van der Waals surface area contributed by atoms with Gasteiger partial charge in [-0.3, -0.25) is 19.2 Å². The van der Waals surface area contributed by atoms with Gasteiger partial charge in [-0.2, -0.15) is 5.06 Å². The summed E-state index contributed by atoms with van der Waals surface area (Å²) in [5.74, 6) is -2.73. The van der Waals surface area contributed by atoms with Gasteiger partial charge >= 0.3 is 0 Å². The van der Waals surface area contributed by atoms with Crippen molar-refractivity contribution in [1.29, 1.82) is 0 Å². The number of carbonyl (C=O) groups excluding carboxylic acids is 4. The molecule has 2 fully saturated rings. The summed E-state index contributed by atoms with van der Waals surface area (Å²) < 4.78 is 0. The van der Waals surface area contributed by atoms with Crippen LogP contribution >= 0.6 is 0 Å². The second-order valence-electron chi connectivity index (χ2n) is 7.26. The van der Waals surface area contributed by atoms with Gasteiger partial charge in [0, 0.05) is 24.5 Å². The van der Waals surface area contributed by atoms with Crippen LogP contribution in [0.25, 0.3) is 0 Å². The maximum atomic E-state index is 12.4. The van der Waals surface area contributed by atoms with E-state index in [9.17, 15) is 24.4 Å². The average molecular weight is 368 g/mol. The van der Waals surface area contributed by atoms with Gasteiger partial charge in [0.05, 0.1) is 6.04 Å². The number of rotatable bonds is 9. The van der Waals surface area contributed by atoms with Gasteiger partial charge < -0.3 is 21.2 Å². The second-order valence-corrected chi connectivity index (χ2v) is 7.26. The van der Waals surface area contributed by atoms with E-state index in [2.05, 4.69) is 16.0 Å². The van der Waals surface area contributed by atoms with Crippen molar-refractivity contribution in [1.82, 2.24) is 21.0 Å². The number of Topliss-reactive ketones (excluding diaryl/α,β-unsaturated/α-hetero) is 1. The van der Waals surface area contributed by atoms with Gasteiger partial charge in [0.1, 0.15) is 6.54 Å². The number of ketones is 1. The standard InChI is InChI=1S/C17H28N4O5/c1-3-18-16(25)14(23)12(9-11-5-8-19-15(11)24)20-13(22)10-21(26)17(2)6-4-7-17/h11-12,26H,3-10H2,1-2H3,(H,18,25)(H,19,24)(H,20,22). The highest BCUT2D eigenvalue weighted by atomic mass is 16.5. The van der Waals surface area contributed by atoms with Crippen LogP contribution in [0.4, 0.5) is 0 Å². The highest BCUT2D eigenvalue weighted by Gasteiger charge is 2.39. The number of hydrogen-bond acceptors (Lipinski definition) is 6. The van der Waals surface area contributed by atoms with E-state index in [1.165, 1.54) is 0 Å². The first-order valence-corrected chi connectivity index (χ1v) is 9.12. The van der Waals surface area contributed by atoms with E-state index in [0.717, 1.165) is 24.3 Å². The minimum Gasteiger partial charge on any atom is -0.356 e. The number of carbonyl (C=O) groups is 4. The van der Waals surface area contributed by atoms with Gasteiger partial charge in [0.25, 0.3) is 5.91 Å². The van der Waals surface area contributed by atoms with Crippen molar-refractivity contribution in [2.24, 2.45) is 5.92 Å². The van der Waals surface area contributed by atoms with Crippen molar-refractivity contribution < 1.29 is 24.4 Å². The summed E-state index contributed by atoms with van der Waals surface area (Å²) in [4.78, 5) is 48.3. The Morgan fingerprint density at radius 3 is 2.58 bits per heavy atom. The Morgan fingerprint density at radius 1 is 1.38 bits per heavy atom. The predicted octanol–water partition coefficient (Wildman–Crippen LogP) is -0.664. The van der Waals surface area contributed by atoms with Crippen LogP contribution in [-0.2, 0) is 19.2 Å². The van der Waals surface area contributed by atoms with Gasteiger partial charge in [0.2, 0.25) is 17.6 Å². The Kier molecular flexibility index (Phi) is 6.71. The molecule has 1 saturated heterocycles. The minimum atomic E-state index is -1.09. The molecular weight excluding hydrogens is 340 g/mol. The molecule has 0 aromatic rings. The molecule has 9 nitrogen and oxygen atoms in total. The Morgan fingerprint density at radius 2 is 2.08 bits per heavy atom. The zero-order valence-electron chi connectivity index (χ0n) is 15.3. The van der Waals surface area contributed by atoms with Gasteiger partial charge in [-0.1, -0.05) is 0 Å². The lowest BCUT2D eigenvalue weighted by Crippen LogP contribution is -2.55. The lowest BCUT2D eigenvalue weighted by Gasteiger charge is -2.43. The number of nitrogens with one attached hydrogen (secondary N) is 3. The Hall–Kier alpha value is -2.00. The Labute approximate surface area is 152 Å². The lowest BCUT2D eigenvalue weighted by atomic mass is 9.78. The quantitative estimate of drug-likeness (QED) is 0.316. The third-order valence-corrected chi connectivity index (χ3v) is 5.24. The number of hydrogen-bond donors (Lipinski definition) is 4. The van der Waals surface area contributed by atoms with Crippen LogP contribution in [0.3, 0.4) is 0 Å². The lowest BCUT2D eigenvalue weighted by molar-refractivity contribution is -0.195. The van der Waals surface area contributed by atoms with E-state index in [1.807, 2.05) is 6.92 Å². The molecule has 2 atom stereocenters. The first-order valence-electron chi connectivity index (χ1n) is 9.12. The van der Waals surface area contributed by atoms with Crippen LogP contribution in [0.1, 0.15) is 46.0 Å². The van der Waals surface area contributed by atoms with Crippen molar-refractivity contribution >= 4 is 23.5 Å². The maximum Gasteiger partial charge on any atom is 0.289 e. The zero-order chi connectivity index (χ0) is 19.3. The molecule has 1 saturated carbocycles. The molecule has 0 bridgehead atoms. The van der Waals surface area contributed by atoms with E-state index in [-0.39, 0.29) is 25.4 Å². The molecule has 1 heterocycles. The Balaban J connectivity index is 1.99. The van der Waals surface area contributed by atoms with E-state index in [0.29, 0.717) is 13.0 Å². The zero-order valence-corrected chi connectivity index (χ0v) is 15.3. The molecular formula is C17H28N4O5. The normalized spacial score (nSPS) is 22.3. The smallest absolute Gasteiger partial charge is 0.289 e. The van der Waals surface area contributed by atoms with Crippen LogP contribution in [0, 0.1) is 5.92 Å². The molecule has 1 aliphatic heterocycles. The molecule has 3 amide bonds. The third-order valence-electron chi connectivity index (χ3n) is 5.24. The first-order chi connectivity index (χ1) is 12.3. The van der Waals surface area contributed by atoms with Crippen LogP contribution < -0.4 is 16.0 Å². The van der Waals surface area contributed by atoms with Crippen molar-refractivity contribution in [2.45, 2.75) is 57.5 Å². The van der Waals surface area contributed by atoms with Crippen LogP contribution in [0.5, 0.6) is 0 Å². The minimum absolute atomic E-state index is 0.0657. The molecule has 9 heteroatoms. The van der Waals surface area contributed by atoms with E-state index >= 15 is 0 Å².